The zero-order valence-corrected chi connectivity index (χ0v) is 13.3. The zero-order valence-electron chi connectivity index (χ0n) is 13.3. The van der Waals surface area contributed by atoms with Gasteiger partial charge in [-0.2, -0.15) is 0 Å². The van der Waals surface area contributed by atoms with Gasteiger partial charge in [0.2, 0.25) is 5.88 Å². The van der Waals surface area contributed by atoms with Crippen molar-refractivity contribution >= 4 is 5.69 Å². The molecule has 1 heterocycles. The van der Waals surface area contributed by atoms with E-state index in [0.29, 0.717) is 11.5 Å². The van der Waals surface area contributed by atoms with Crippen molar-refractivity contribution in [2.24, 2.45) is 0 Å². The summed E-state index contributed by atoms with van der Waals surface area (Å²) in [6.07, 6.45) is 1.10. The summed E-state index contributed by atoms with van der Waals surface area (Å²) in [4.78, 5) is 13.9. The summed E-state index contributed by atoms with van der Waals surface area (Å²) in [5.41, 5.74) is -0.0221. The molecule has 0 spiro atoms. The fourth-order valence-electron chi connectivity index (χ4n) is 2.09. The molecule has 26 heavy (non-hydrogen) atoms. The van der Waals surface area contributed by atoms with Crippen LogP contribution < -0.4 is 9.47 Å². The monoisotopic (exact) mass is 358 g/mol. The number of nitrogens with zero attached hydrogens (tertiary/aromatic N) is 2. The highest BCUT2D eigenvalue weighted by Gasteiger charge is 2.09. The van der Waals surface area contributed by atoms with Crippen LogP contribution in [0.15, 0.2) is 60.8 Å². The van der Waals surface area contributed by atoms with E-state index in [0.717, 1.165) is 12.3 Å². The highest BCUT2D eigenvalue weighted by molar-refractivity contribution is 5.35. The third-order valence-electron chi connectivity index (χ3n) is 3.40. The van der Waals surface area contributed by atoms with Crippen LogP contribution in [0.2, 0.25) is 0 Å². The Balaban J connectivity index is 1.61. The molecule has 0 aliphatic heterocycles. The van der Waals surface area contributed by atoms with Crippen molar-refractivity contribution < 1.29 is 23.2 Å². The molecule has 8 heteroatoms. The molecule has 0 atom stereocenters. The van der Waals surface area contributed by atoms with Gasteiger partial charge in [0.05, 0.1) is 4.92 Å². The topological polar surface area (TPSA) is 74.5 Å². The number of hydrogen-bond donors (Lipinski definition) is 0. The van der Waals surface area contributed by atoms with Crippen molar-refractivity contribution in [2.75, 3.05) is 0 Å². The van der Waals surface area contributed by atoms with Crippen LogP contribution in [0, 0.1) is 21.7 Å². The maximum absolute atomic E-state index is 13.6. The van der Waals surface area contributed by atoms with Gasteiger partial charge in [-0.25, -0.2) is 13.8 Å². The molecule has 0 amide bonds. The summed E-state index contributed by atoms with van der Waals surface area (Å²) in [6, 6.07) is 12.9. The molecule has 132 valence electrons. The Labute approximate surface area is 146 Å². The molecule has 2 aromatic carbocycles. The molecule has 0 radical (unpaired) electrons. The number of nitro groups is 1. The minimum absolute atomic E-state index is 0.111. The standard InChI is InChI=1S/C18H12F2N2O4/c19-16-3-1-2-12(18(16)20)11-25-14-5-7-15(8-6-14)26-17-9-4-13(10-21-17)22(23)24/h1-10H,11H2. The summed E-state index contributed by atoms with van der Waals surface area (Å²) in [5.74, 6) is -0.776. The third-order valence-corrected chi connectivity index (χ3v) is 3.40. The van der Waals surface area contributed by atoms with E-state index in [4.69, 9.17) is 9.47 Å². The second kappa shape index (κ2) is 7.56. The van der Waals surface area contributed by atoms with E-state index in [2.05, 4.69) is 4.98 Å². The highest BCUT2D eigenvalue weighted by atomic mass is 19.2. The Bertz CT molecular complexity index is 915. The Hall–Kier alpha value is -3.55. The minimum Gasteiger partial charge on any atom is -0.489 e. The Kier molecular flexibility index (Phi) is 5.02. The fraction of sp³-hybridized carbons (Fsp3) is 0.0556. The Morgan fingerprint density at radius 1 is 1.00 bits per heavy atom. The SMILES string of the molecule is O=[N+]([O-])c1ccc(Oc2ccc(OCc3cccc(F)c3F)cc2)nc1. The second-order valence-corrected chi connectivity index (χ2v) is 5.19. The van der Waals surface area contributed by atoms with E-state index >= 15 is 0 Å². The molecule has 0 N–H and O–H groups in total. The van der Waals surface area contributed by atoms with E-state index in [-0.39, 0.29) is 23.7 Å². The van der Waals surface area contributed by atoms with E-state index < -0.39 is 16.6 Å². The highest BCUT2D eigenvalue weighted by Crippen LogP contribution is 2.24. The van der Waals surface area contributed by atoms with Crippen LogP contribution in [-0.2, 0) is 6.61 Å². The van der Waals surface area contributed by atoms with Crippen molar-refractivity contribution in [3.8, 4) is 17.4 Å². The van der Waals surface area contributed by atoms with Crippen LogP contribution in [0.4, 0.5) is 14.5 Å². The van der Waals surface area contributed by atoms with Crippen molar-refractivity contribution in [1.29, 1.82) is 0 Å². The number of benzene rings is 2. The molecule has 0 saturated carbocycles. The lowest BCUT2D eigenvalue weighted by Crippen LogP contribution is -2.00. The molecule has 0 aliphatic carbocycles. The summed E-state index contributed by atoms with van der Waals surface area (Å²) in [6.45, 7) is -0.117. The molecule has 3 aromatic rings. The fourth-order valence-corrected chi connectivity index (χ4v) is 2.09. The van der Waals surface area contributed by atoms with E-state index in [9.17, 15) is 18.9 Å². The summed E-state index contributed by atoms with van der Waals surface area (Å²) in [5, 5.41) is 10.6. The van der Waals surface area contributed by atoms with Gasteiger partial charge in [-0.3, -0.25) is 10.1 Å². The minimum atomic E-state index is -0.934. The summed E-state index contributed by atoms with van der Waals surface area (Å²) < 4.78 is 37.6. The van der Waals surface area contributed by atoms with E-state index in [1.54, 1.807) is 24.3 Å². The van der Waals surface area contributed by atoms with Gasteiger partial charge in [0.1, 0.15) is 24.3 Å². The lowest BCUT2D eigenvalue weighted by atomic mass is 10.2. The van der Waals surface area contributed by atoms with E-state index in [1.807, 2.05) is 0 Å². The van der Waals surface area contributed by atoms with Crippen molar-refractivity contribution in [2.45, 2.75) is 6.61 Å². The average molecular weight is 358 g/mol. The first-order valence-electron chi connectivity index (χ1n) is 7.47. The van der Waals surface area contributed by atoms with Crippen LogP contribution in [0.3, 0.4) is 0 Å². The van der Waals surface area contributed by atoms with E-state index in [1.165, 1.54) is 24.3 Å². The van der Waals surface area contributed by atoms with Gasteiger partial charge in [0.15, 0.2) is 11.6 Å². The predicted octanol–water partition coefficient (Wildman–Crippen LogP) is 4.64. The van der Waals surface area contributed by atoms with Crippen molar-refractivity contribution in [1.82, 2.24) is 4.98 Å². The first kappa shape index (κ1) is 17.3. The van der Waals surface area contributed by atoms with Gasteiger partial charge in [-0.1, -0.05) is 12.1 Å². The zero-order chi connectivity index (χ0) is 18.5. The van der Waals surface area contributed by atoms with Gasteiger partial charge >= 0.3 is 0 Å². The lowest BCUT2D eigenvalue weighted by molar-refractivity contribution is -0.385. The van der Waals surface area contributed by atoms with Gasteiger partial charge in [-0.05, 0) is 30.3 Å². The summed E-state index contributed by atoms with van der Waals surface area (Å²) >= 11 is 0. The lowest BCUT2D eigenvalue weighted by Gasteiger charge is -2.09. The first-order valence-corrected chi connectivity index (χ1v) is 7.47. The number of rotatable bonds is 6. The Morgan fingerprint density at radius 3 is 2.38 bits per heavy atom. The molecular weight excluding hydrogens is 346 g/mol. The number of halogens is 2. The quantitative estimate of drug-likeness (QED) is 0.474. The van der Waals surface area contributed by atoms with Crippen LogP contribution in [0.5, 0.6) is 17.4 Å². The van der Waals surface area contributed by atoms with Crippen LogP contribution in [0.1, 0.15) is 5.56 Å². The first-order chi connectivity index (χ1) is 12.5. The molecule has 0 bridgehead atoms. The van der Waals surface area contributed by atoms with Crippen molar-refractivity contribution in [3.05, 3.63) is 88.1 Å². The molecule has 0 aliphatic rings. The Morgan fingerprint density at radius 2 is 1.73 bits per heavy atom. The normalized spacial score (nSPS) is 10.4. The van der Waals surface area contributed by atoms with Crippen LogP contribution in [0.25, 0.3) is 0 Å². The van der Waals surface area contributed by atoms with Gasteiger partial charge < -0.3 is 9.47 Å². The number of pyridine rings is 1. The van der Waals surface area contributed by atoms with Crippen LogP contribution >= 0.6 is 0 Å². The van der Waals surface area contributed by atoms with Gasteiger partial charge in [0, 0.05) is 17.7 Å². The third kappa shape index (κ3) is 4.10. The number of hydrogen-bond acceptors (Lipinski definition) is 5. The maximum atomic E-state index is 13.6. The predicted molar refractivity (Wildman–Crippen MR) is 88.1 cm³/mol. The van der Waals surface area contributed by atoms with Crippen molar-refractivity contribution in [3.63, 3.8) is 0 Å². The van der Waals surface area contributed by atoms with Gasteiger partial charge in [-0.15, -0.1) is 0 Å². The summed E-state index contributed by atoms with van der Waals surface area (Å²) in [7, 11) is 0. The number of aromatic nitrogens is 1. The van der Waals surface area contributed by atoms with Crippen LogP contribution in [-0.4, -0.2) is 9.91 Å². The molecule has 0 saturated heterocycles. The largest absolute Gasteiger partial charge is 0.489 e. The molecule has 0 unspecified atom stereocenters. The molecular formula is C18H12F2N2O4. The molecule has 6 nitrogen and oxygen atoms in total. The van der Waals surface area contributed by atoms with Gasteiger partial charge in [0.25, 0.3) is 5.69 Å². The molecule has 1 aromatic heterocycles. The number of ether oxygens (including phenoxy) is 2. The second-order valence-electron chi connectivity index (χ2n) is 5.19. The molecule has 0 fully saturated rings. The maximum Gasteiger partial charge on any atom is 0.287 e. The molecule has 3 rings (SSSR count). The smallest absolute Gasteiger partial charge is 0.287 e. The average Bonchev–Trinajstić information content (AvgIpc) is 2.64.